The lowest BCUT2D eigenvalue weighted by molar-refractivity contribution is -0.110. The minimum absolute atomic E-state index is 0.0195. The third kappa shape index (κ3) is 7.29. The molecule has 0 atom stereocenters. The average Bonchev–Trinajstić information content (AvgIpc) is 2.75. The summed E-state index contributed by atoms with van der Waals surface area (Å²) >= 11 is 0. The topological polar surface area (TPSA) is 49.8 Å². The Bertz CT molecular complexity index is 895. The van der Waals surface area contributed by atoms with Gasteiger partial charge >= 0.3 is 0 Å². The number of aryl methyl sites for hydroxylation is 2. The Labute approximate surface area is 180 Å². The van der Waals surface area contributed by atoms with Crippen molar-refractivity contribution in [3.05, 3.63) is 76.4 Å². The van der Waals surface area contributed by atoms with E-state index in [1.54, 1.807) is 12.2 Å². The zero-order chi connectivity index (χ0) is 21.9. The minimum Gasteiger partial charge on any atom is -0.492 e. The Morgan fingerprint density at radius 3 is 2.10 bits per heavy atom. The number of hydrogen-bond acceptors (Lipinski definition) is 4. The Morgan fingerprint density at radius 2 is 1.57 bits per heavy atom. The fraction of sp³-hybridized carbons (Fsp3) is 0.346. The number of carbonyl (C=O) groups excluding carboxylic acids is 1. The van der Waals surface area contributed by atoms with Gasteiger partial charge in [0.2, 0.25) is 0 Å². The maximum atomic E-state index is 12.2. The third-order valence-corrected chi connectivity index (χ3v) is 5.18. The van der Waals surface area contributed by atoms with Crippen LogP contribution in [-0.4, -0.2) is 42.0 Å². The molecule has 2 aromatic carbocycles. The quantitative estimate of drug-likeness (QED) is 0.543. The summed E-state index contributed by atoms with van der Waals surface area (Å²) in [7, 11) is 0. The van der Waals surface area contributed by atoms with E-state index in [9.17, 15) is 9.90 Å². The van der Waals surface area contributed by atoms with Crippen molar-refractivity contribution in [2.75, 3.05) is 26.2 Å². The largest absolute Gasteiger partial charge is 0.492 e. The molecule has 4 heteroatoms. The van der Waals surface area contributed by atoms with Gasteiger partial charge in [-0.3, -0.25) is 4.79 Å². The van der Waals surface area contributed by atoms with E-state index in [2.05, 4.69) is 18.7 Å². The highest BCUT2D eigenvalue weighted by atomic mass is 16.5. The number of nitrogens with zero attached hydrogens (tertiary/aromatic N) is 1. The van der Waals surface area contributed by atoms with Crippen molar-refractivity contribution in [3.8, 4) is 5.75 Å². The highest BCUT2D eigenvalue weighted by Gasteiger charge is 2.02. The van der Waals surface area contributed by atoms with E-state index in [4.69, 9.17) is 4.74 Å². The maximum Gasteiger partial charge on any atom is 0.178 e. The second kappa shape index (κ2) is 12.1. The molecule has 1 N–H and O–H groups in total. The molecule has 2 aromatic rings. The molecule has 0 radical (unpaired) electrons. The highest BCUT2D eigenvalue weighted by molar-refractivity contribution is 6.04. The maximum absolute atomic E-state index is 12.2. The van der Waals surface area contributed by atoms with Crippen LogP contribution in [0.25, 0.3) is 12.2 Å². The molecule has 0 aliphatic rings. The molecule has 0 aliphatic carbocycles. The third-order valence-electron chi connectivity index (χ3n) is 5.18. The summed E-state index contributed by atoms with van der Waals surface area (Å²) in [6.07, 6.45) is 6.79. The van der Waals surface area contributed by atoms with Crippen LogP contribution in [0.4, 0.5) is 0 Å². The number of aliphatic hydroxyl groups excluding tert-OH is 1. The zero-order valence-electron chi connectivity index (χ0n) is 18.5. The number of carbonyl (C=O) groups is 1. The lowest BCUT2D eigenvalue weighted by atomic mass is 10.0. The second-order valence-corrected chi connectivity index (χ2v) is 7.31. The number of benzene rings is 2. The molecule has 30 heavy (non-hydrogen) atoms. The molecule has 0 saturated heterocycles. The van der Waals surface area contributed by atoms with Crippen LogP contribution >= 0.6 is 0 Å². The fourth-order valence-corrected chi connectivity index (χ4v) is 3.18. The van der Waals surface area contributed by atoms with Crippen molar-refractivity contribution in [1.82, 2.24) is 4.90 Å². The first kappa shape index (κ1) is 23.6. The first-order valence-corrected chi connectivity index (χ1v) is 10.5. The standard InChI is InChI=1S/C26H33NO3/c1-5-27(6-2)15-16-30-26-14-11-24(21(4)18-26)10-13-25(29)12-9-23-8-7-22(19-28)17-20(23)3/h7-14,17-18,28H,5-6,15-16,19H2,1-4H3/b12-9+,13-10+. The molecular formula is C26H33NO3. The Balaban J connectivity index is 1.94. The van der Waals surface area contributed by atoms with E-state index >= 15 is 0 Å². The van der Waals surface area contributed by atoms with Gasteiger partial charge in [-0.25, -0.2) is 0 Å². The van der Waals surface area contributed by atoms with Crippen LogP contribution in [0.3, 0.4) is 0 Å². The molecule has 2 rings (SSSR count). The van der Waals surface area contributed by atoms with Crippen LogP contribution in [0.1, 0.15) is 41.7 Å². The van der Waals surface area contributed by atoms with E-state index in [0.717, 1.165) is 53.2 Å². The molecule has 4 nitrogen and oxygen atoms in total. The van der Waals surface area contributed by atoms with Crippen molar-refractivity contribution in [1.29, 1.82) is 0 Å². The van der Waals surface area contributed by atoms with Crippen molar-refractivity contribution in [2.45, 2.75) is 34.3 Å². The van der Waals surface area contributed by atoms with Crippen LogP contribution < -0.4 is 4.74 Å². The molecule has 0 heterocycles. The summed E-state index contributed by atoms with van der Waals surface area (Å²) in [5, 5.41) is 9.18. The molecule has 0 aromatic heterocycles. The van der Waals surface area contributed by atoms with Gasteiger partial charge in [-0.2, -0.15) is 0 Å². The molecule has 0 amide bonds. The summed E-state index contributed by atoms with van der Waals surface area (Å²) in [6.45, 7) is 11.9. The predicted octanol–water partition coefficient (Wildman–Crippen LogP) is 4.81. The average molecular weight is 408 g/mol. The van der Waals surface area contributed by atoms with E-state index in [0.29, 0.717) is 6.61 Å². The van der Waals surface area contributed by atoms with Crippen LogP contribution in [0.2, 0.25) is 0 Å². The monoisotopic (exact) mass is 407 g/mol. The van der Waals surface area contributed by atoms with Crippen molar-refractivity contribution in [2.24, 2.45) is 0 Å². The molecule has 0 saturated carbocycles. The molecular weight excluding hydrogens is 374 g/mol. The normalized spacial score (nSPS) is 11.7. The lowest BCUT2D eigenvalue weighted by Gasteiger charge is -2.18. The van der Waals surface area contributed by atoms with Crippen LogP contribution in [0, 0.1) is 13.8 Å². The molecule has 0 spiro atoms. The van der Waals surface area contributed by atoms with Gasteiger partial charge in [0.25, 0.3) is 0 Å². The van der Waals surface area contributed by atoms with Crippen molar-refractivity contribution in [3.63, 3.8) is 0 Å². The van der Waals surface area contributed by atoms with Gasteiger partial charge < -0.3 is 14.7 Å². The molecule has 0 bridgehead atoms. The van der Waals surface area contributed by atoms with E-state index in [1.165, 1.54) is 0 Å². The summed E-state index contributed by atoms with van der Waals surface area (Å²) in [5.74, 6) is 0.782. The fourth-order valence-electron chi connectivity index (χ4n) is 3.18. The Hall–Kier alpha value is -2.69. The van der Waals surface area contributed by atoms with Crippen molar-refractivity contribution < 1.29 is 14.6 Å². The summed E-state index contributed by atoms with van der Waals surface area (Å²) < 4.78 is 5.86. The van der Waals surface area contributed by atoms with Crippen LogP contribution in [0.15, 0.2) is 48.6 Å². The molecule has 0 aliphatic heterocycles. The van der Waals surface area contributed by atoms with Gasteiger partial charge in [-0.05, 0) is 79.0 Å². The molecule has 160 valence electrons. The second-order valence-electron chi connectivity index (χ2n) is 7.31. The number of likely N-dealkylation sites (N-methyl/N-ethyl adjacent to an activating group) is 1. The lowest BCUT2D eigenvalue weighted by Crippen LogP contribution is -2.27. The number of allylic oxidation sites excluding steroid dienone is 2. The first-order chi connectivity index (χ1) is 14.5. The Morgan fingerprint density at radius 1 is 0.967 bits per heavy atom. The van der Waals surface area contributed by atoms with Crippen LogP contribution in [0.5, 0.6) is 5.75 Å². The molecule has 0 unspecified atom stereocenters. The van der Waals surface area contributed by atoms with Crippen molar-refractivity contribution >= 4 is 17.9 Å². The summed E-state index contributed by atoms with van der Waals surface area (Å²) in [5.41, 5.74) is 4.93. The number of hydrogen-bond donors (Lipinski definition) is 1. The van der Waals surface area contributed by atoms with Gasteiger partial charge in [0.15, 0.2) is 5.78 Å². The van der Waals surface area contributed by atoms with E-state index in [-0.39, 0.29) is 12.4 Å². The smallest absolute Gasteiger partial charge is 0.178 e. The zero-order valence-corrected chi connectivity index (χ0v) is 18.5. The first-order valence-electron chi connectivity index (χ1n) is 10.5. The summed E-state index contributed by atoms with van der Waals surface area (Å²) in [4.78, 5) is 14.5. The van der Waals surface area contributed by atoms with E-state index < -0.39 is 0 Å². The van der Waals surface area contributed by atoms with Gasteiger partial charge in [-0.1, -0.05) is 50.3 Å². The summed E-state index contributed by atoms with van der Waals surface area (Å²) in [6, 6.07) is 11.6. The highest BCUT2D eigenvalue weighted by Crippen LogP contribution is 2.19. The minimum atomic E-state index is -0.0698. The van der Waals surface area contributed by atoms with Gasteiger partial charge in [0, 0.05) is 6.54 Å². The number of rotatable bonds is 11. The van der Waals surface area contributed by atoms with E-state index in [1.807, 2.05) is 62.4 Å². The number of aliphatic hydroxyl groups is 1. The number of ketones is 1. The van der Waals surface area contributed by atoms with Gasteiger partial charge in [0.1, 0.15) is 12.4 Å². The molecule has 0 fully saturated rings. The number of ether oxygens (including phenoxy) is 1. The van der Waals surface area contributed by atoms with Gasteiger partial charge in [-0.15, -0.1) is 0 Å². The van der Waals surface area contributed by atoms with Crippen LogP contribution in [-0.2, 0) is 11.4 Å². The SMILES string of the molecule is CCN(CC)CCOc1ccc(/C=C/C(=O)/C=C/c2ccc(CO)cc2C)c(C)c1. The Kier molecular flexibility index (Phi) is 9.52. The van der Waals surface area contributed by atoms with Gasteiger partial charge in [0.05, 0.1) is 6.61 Å². The predicted molar refractivity (Wildman–Crippen MR) is 125 cm³/mol.